The number of ether oxygens (including phenoxy) is 2. The Balaban J connectivity index is 1.55. The van der Waals surface area contributed by atoms with Crippen LogP contribution in [0.3, 0.4) is 0 Å². The van der Waals surface area contributed by atoms with E-state index in [0.717, 1.165) is 5.69 Å². The van der Waals surface area contributed by atoms with Crippen LogP contribution in [-0.4, -0.2) is 96.4 Å². The molecule has 0 aliphatic carbocycles. The molecule has 2 fully saturated rings. The van der Waals surface area contributed by atoms with E-state index in [2.05, 4.69) is 20.1 Å². The fourth-order valence-electron chi connectivity index (χ4n) is 3.45. The molecule has 8 nitrogen and oxygen atoms in total. The highest BCUT2D eigenvalue weighted by atomic mass is 35.5. The molecular formula is C21H24ClN5O3S4. The molecule has 2 aromatic rings. The van der Waals surface area contributed by atoms with Gasteiger partial charge in [-0.15, -0.1) is 5.10 Å². The number of halogens is 1. The lowest BCUT2D eigenvalue weighted by Crippen LogP contribution is -2.41. The Bertz CT molecular complexity index is 1010. The van der Waals surface area contributed by atoms with Gasteiger partial charge in [0.1, 0.15) is 13.2 Å². The van der Waals surface area contributed by atoms with Gasteiger partial charge in [-0.3, -0.25) is 4.79 Å². The monoisotopic (exact) mass is 557 g/mol. The number of hydrogen-bond donors (Lipinski definition) is 0. The van der Waals surface area contributed by atoms with Crippen molar-refractivity contribution in [3.05, 3.63) is 40.7 Å². The van der Waals surface area contributed by atoms with Gasteiger partial charge in [0.25, 0.3) is 0 Å². The predicted molar refractivity (Wildman–Crippen MR) is 144 cm³/mol. The highest BCUT2D eigenvalue weighted by molar-refractivity contribution is 8.37. The molecule has 2 aliphatic rings. The first kappa shape index (κ1) is 25.8. The molecular weight excluding hydrogens is 534 g/mol. The molecule has 0 saturated carbocycles. The zero-order valence-corrected chi connectivity index (χ0v) is 22.5. The van der Waals surface area contributed by atoms with Gasteiger partial charge in [0, 0.05) is 31.2 Å². The number of morpholine rings is 2. The van der Waals surface area contributed by atoms with Crippen LogP contribution in [0.5, 0.6) is 0 Å². The van der Waals surface area contributed by atoms with Crippen molar-refractivity contribution in [1.82, 2.24) is 24.8 Å². The van der Waals surface area contributed by atoms with E-state index in [4.69, 9.17) is 45.5 Å². The summed E-state index contributed by atoms with van der Waals surface area (Å²) >= 11 is 20.1. The number of carbonyl (C=O) groups is 1. The smallest absolute Gasteiger partial charge is 0.208 e. The van der Waals surface area contributed by atoms with Crippen LogP contribution < -0.4 is 0 Å². The summed E-state index contributed by atoms with van der Waals surface area (Å²) in [6.45, 7) is 7.12. The number of thioether (sulfide) groups is 2. The summed E-state index contributed by atoms with van der Waals surface area (Å²) in [5.41, 5.74) is 1.72. The van der Waals surface area contributed by atoms with Crippen LogP contribution in [0.2, 0.25) is 5.02 Å². The molecule has 0 unspecified atom stereocenters. The van der Waals surface area contributed by atoms with E-state index < -0.39 is 4.58 Å². The molecule has 0 spiro atoms. The van der Waals surface area contributed by atoms with Gasteiger partial charge in [-0.1, -0.05) is 64.8 Å². The molecule has 182 valence electrons. The predicted octanol–water partition coefficient (Wildman–Crippen LogP) is 3.44. The highest BCUT2D eigenvalue weighted by Gasteiger charge is 2.32. The summed E-state index contributed by atoms with van der Waals surface area (Å²) in [6.07, 6.45) is 0. The average molecular weight is 558 g/mol. The van der Waals surface area contributed by atoms with Gasteiger partial charge in [-0.05, 0) is 31.2 Å². The van der Waals surface area contributed by atoms with Crippen LogP contribution in [0.1, 0.15) is 16.2 Å². The molecule has 2 aliphatic heterocycles. The number of Topliss-reactive ketones (excluding diaryl/α,β-unsaturated/α-hetero) is 1. The number of benzene rings is 1. The summed E-state index contributed by atoms with van der Waals surface area (Å²) < 4.78 is 13.2. The van der Waals surface area contributed by atoms with Gasteiger partial charge < -0.3 is 19.3 Å². The number of hydrogen-bond acceptors (Lipinski definition) is 9. The molecule has 1 aromatic heterocycles. The minimum absolute atomic E-state index is 0.168. The molecule has 0 N–H and O–H groups in total. The molecule has 1 aromatic carbocycles. The third-order valence-electron chi connectivity index (χ3n) is 5.37. The highest BCUT2D eigenvalue weighted by Crippen LogP contribution is 2.33. The van der Waals surface area contributed by atoms with Crippen molar-refractivity contribution < 1.29 is 14.3 Å². The SMILES string of the molecule is Cc1c(C(=O)C(SC(=S)N2CCOCC2)SC(=S)N2CCOCC2)nnn1-c1ccc(Cl)cc1. The Labute approximate surface area is 222 Å². The lowest BCUT2D eigenvalue weighted by molar-refractivity contribution is 0.0702. The van der Waals surface area contributed by atoms with Crippen LogP contribution in [0.4, 0.5) is 0 Å². The number of ketones is 1. The summed E-state index contributed by atoms with van der Waals surface area (Å²) in [5, 5.41) is 9.07. The third kappa shape index (κ3) is 6.28. The number of rotatable bonds is 5. The summed E-state index contributed by atoms with van der Waals surface area (Å²) in [6, 6.07) is 7.21. The maximum atomic E-state index is 13.7. The fourth-order valence-corrected chi connectivity index (χ4v) is 7.09. The van der Waals surface area contributed by atoms with Gasteiger partial charge in [0.05, 0.1) is 37.8 Å². The van der Waals surface area contributed by atoms with Crippen molar-refractivity contribution in [3.63, 3.8) is 0 Å². The second-order valence-corrected chi connectivity index (χ2v) is 11.8. The largest absolute Gasteiger partial charge is 0.378 e. The van der Waals surface area contributed by atoms with Crippen molar-refractivity contribution in [1.29, 1.82) is 0 Å². The minimum atomic E-state index is -0.584. The number of carbonyl (C=O) groups excluding carboxylic acids is 1. The van der Waals surface area contributed by atoms with Gasteiger partial charge >= 0.3 is 0 Å². The van der Waals surface area contributed by atoms with Crippen molar-refractivity contribution in [3.8, 4) is 5.69 Å². The zero-order chi connectivity index (χ0) is 24.1. The number of thiocarbonyl (C=S) groups is 2. The fraction of sp³-hybridized carbons (Fsp3) is 0.476. The van der Waals surface area contributed by atoms with Crippen molar-refractivity contribution in [2.24, 2.45) is 0 Å². The van der Waals surface area contributed by atoms with E-state index in [-0.39, 0.29) is 5.78 Å². The van der Waals surface area contributed by atoms with Gasteiger partial charge in [0.15, 0.2) is 5.69 Å². The maximum absolute atomic E-state index is 13.7. The van der Waals surface area contributed by atoms with Crippen LogP contribution in [0.15, 0.2) is 24.3 Å². The normalized spacial score (nSPS) is 16.7. The van der Waals surface area contributed by atoms with Crippen molar-refractivity contribution >= 4 is 74.0 Å². The molecule has 0 atom stereocenters. The van der Waals surface area contributed by atoms with E-state index in [1.54, 1.807) is 16.8 Å². The van der Waals surface area contributed by atoms with E-state index in [1.807, 2.05) is 19.1 Å². The van der Waals surface area contributed by atoms with E-state index >= 15 is 0 Å². The molecule has 0 amide bonds. The topological polar surface area (TPSA) is 72.7 Å². The van der Waals surface area contributed by atoms with E-state index in [0.29, 0.717) is 77.7 Å². The first-order valence-corrected chi connectivity index (χ1v) is 13.7. The third-order valence-corrected chi connectivity index (χ3v) is 9.07. The summed E-state index contributed by atoms with van der Waals surface area (Å²) in [4.78, 5) is 17.9. The Morgan fingerprint density at radius 1 is 0.971 bits per heavy atom. The quantitative estimate of drug-likeness (QED) is 0.308. The molecule has 3 heterocycles. The Kier molecular flexibility index (Phi) is 9.19. The zero-order valence-electron chi connectivity index (χ0n) is 18.5. The maximum Gasteiger partial charge on any atom is 0.208 e. The average Bonchev–Trinajstić information content (AvgIpc) is 3.25. The molecule has 0 radical (unpaired) electrons. The second kappa shape index (κ2) is 12.1. The van der Waals surface area contributed by atoms with Gasteiger partial charge in [-0.25, -0.2) is 4.68 Å². The Hall–Kier alpha value is -1.28. The lowest BCUT2D eigenvalue weighted by Gasteiger charge is -2.32. The Morgan fingerprint density at radius 3 is 1.97 bits per heavy atom. The first-order valence-electron chi connectivity index (χ1n) is 10.7. The minimum Gasteiger partial charge on any atom is -0.378 e. The molecule has 2 saturated heterocycles. The van der Waals surface area contributed by atoms with Gasteiger partial charge in [0.2, 0.25) is 5.78 Å². The van der Waals surface area contributed by atoms with Crippen molar-refractivity contribution in [2.45, 2.75) is 11.5 Å². The molecule has 34 heavy (non-hydrogen) atoms. The molecule has 13 heteroatoms. The van der Waals surface area contributed by atoms with Crippen LogP contribution in [0.25, 0.3) is 5.69 Å². The van der Waals surface area contributed by atoms with E-state index in [9.17, 15) is 4.79 Å². The van der Waals surface area contributed by atoms with Crippen LogP contribution in [-0.2, 0) is 9.47 Å². The second-order valence-electron chi connectivity index (χ2n) is 7.57. The summed E-state index contributed by atoms with van der Waals surface area (Å²) in [7, 11) is 0. The molecule has 4 rings (SSSR count). The molecule has 0 bridgehead atoms. The van der Waals surface area contributed by atoms with E-state index in [1.165, 1.54) is 23.5 Å². The van der Waals surface area contributed by atoms with Crippen LogP contribution in [0, 0.1) is 6.92 Å². The van der Waals surface area contributed by atoms with Crippen molar-refractivity contribution in [2.75, 3.05) is 52.6 Å². The Morgan fingerprint density at radius 2 is 1.47 bits per heavy atom. The number of nitrogens with zero attached hydrogens (tertiary/aromatic N) is 5. The lowest BCUT2D eigenvalue weighted by atomic mass is 10.2. The van der Waals surface area contributed by atoms with Crippen LogP contribution >= 0.6 is 59.6 Å². The first-order chi connectivity index (χ1) is 16.4. The number of aromatic nitrogens is 3. The van der Waals surface area contributed by atoms with Gasteiger partial charge in [-0.2, -0.15) is 0 Å². The standard InChI is InChI=1S/C21H24ClN5O3S4/c1-14-17(23-24-27(14)16-4-2-15(22)3-5-16)18(28)19(33-20(31)25-6-10-29-11-7-25)34-21(32)26-8-12-30-13-9-26/h2-5,19H,6-13H2,1H3. The summed E-state index contributed by atoms with van der Waals surface area (Å²) in [5.74, 6) is -0.168.